The van der Waals surface area contributed by atoms with Crippen LogP contribution in [-0.4, -0.2) is 15.8 Å². The molecule has 0 fully saturated rings. The molecular weight excluding hydrogens is 491 g/mol. The summed E-state index contributed by atoms with van der Waals surface area (Å²) >= 11 is 5.20. The van der Waals surface area contributed by atoms with E-state index in [-0.39, 0.29) is 22.6 Å². The maximum atomic E-state index is 12.4. The summed E-state index contributed by atoms with van der Waals surface area (Å²) in [6, 6.07) is 10.2. The van der Waals surface area contributed by atoms with Crippen molar-refractivity contribution in [3.05, 3.63) is 71.3 Å². The van der Waals surface area contributed by atoms with Crippen molar-refractivity contribution in [2.45, 2.75) is 0 Å². The first-order valence-corrected chi connectivity index (χ1v) is 8.29. The number of carbonyl (C=O) groups is 1. The number of non-ortho nitro benzene ring substituents is 1. The molecule has 0 aromatic heterocycles. The third-order valence-corrected chi connectivity index (χ3v) is 4.32. The van der Waals surface area contributed by atoms with E-state index in [0.717, 1.165) is 6.07 Å². The zero-order valence-corrected chi connectivity index (χ0v) is 15.6. The Kier molecular flexibility index (Phi) is 5.69. The number of phenols is 1. The highest BCUT2D eigenvalue weighted by atomic mass is 127. The minimum atomic E-state index is -0.657. The summed E-state index contributed by atoms with van der Waals surface area (Å²) in [5.74, 6) is -0.714. The van der Waals surface area contributed by atoms with Crippen molar-refractivity contribution in [2.24, 2.45) is 0 Å². The van der Waals surface area contributed by atoms with Gasteiger partial charge in [0.05, 0.1) is 8.49 Å². The monoisotopic (exact) mass is 498 g/mol. The van der Waals surface area contributed by atoms with Crippen LogP contribution in [0, 0.1) is 25.0 Å². The molecule has 0 saturated carbocycles. The predicted octanol–water partition coefficient (Wildman–Crippen LogP) is 4.46. The summed E-state index contributed by atoms with van der Waals surface area (Å²) in [7, 11) is 0. The van der Waals surface area contributed by atoms with Crippen molar-refractivity contribution in [1.82, 2.24) is 0 Å². The average molecular weight is 499 g/mol. The van der Waals surface area contributed by atoms with Crippen LogP contribution < -0.4 is 0 Å². The molecule has 0 aliphatic heterocycles. The lowest BCUT2D eigenvalue weighted by atomic mass is 10.0. The lowest BCUT2D eigenvalue weighted by molar-refractivity contribution is -0.384. The number of benzene rings is 2. The van der Waals surface area contributed by atoms with E-state index in [1.54, 1.807) is 18.2 Å². The third-order valence-electron chi connectivity index (χ3n) is 3.04. The second-order valence-electron chi connectivity index (χ2n) is 4.63. The molecule has 2 rings (SSSR count). The normalized spacial score (nSPS) is 11.0. The van der Waals surface area contributed by atoms with Gasteiger partial charge in [-0.15, -0.1) is 0 Å². The largest absolute Gasteiger partial charge is 0.506 e. The summed E-state index contributed by atoms with van der Waals surface area (Å²) in [6.45, 7) is 0. The molecule has 0 aliphatic carbocycles. The number of carbonyl (C=O) groups excluding carboxylic acids is 1. The van der Waals surface area contributed by atoms with E-state index in [1.165, 1.54) is 24.3 Å². The molecule has 0 radical (unpaired) electrons. The van der Waals surface area contributed by atoms with Crippen molar-refractivity contribution < 1.29 is 14.8 Å². The first kappa shape index (κ1) is 18.1. The highest BCUT2D eigenvalue weighted by Gasteiger charge is 2.17. The van der Waals surface area contributed by atoms with E-state index in [9.17, 15) is 25.3 Å². The van der Waals surface area contributed by atoms with Gasteiger partial charge in [0.15, 0.2) is 0 Å². The average Bonchev–Trinajstić information content (AvgIpc) is 2.56. The zero-order chi connectivity index (χ0) is 17.9. The van der Waals surface area contributed by atoms with Gasteiger partial charge in [-0.1, -0.05) is 28.1 Å². The quantitative estimate of drug-likeness (QED) is 0.167. The second-order valence-corrected chi connectivity index (χ2v) is 6.71. The Balaban J connectivity index is 2.49. The molecule has 0 unspecified atom stereocenters. The topological polar surface area (TPSA) is 104 Å². The number of phenolic OH excluding ortho intramolecular Hbond substituents is 1. The number of halogens is 2. The minimum Gasteiger partial charge on any atom is -0.506 e. The molecule has 0 atom stereocenters. The maximum Gasteiger partial charge on any atom is 0.270 e. The van der Waals surface area contributed by atoms with Gasteiger partial charge >= 0.3 is 0 Å². The first-order valence-electron chi connectivity index (χ1n) is 6.42. The van der Waals surface area contributed by atoms with Gasteiger partial charge in [0, 0.05) is 27.7 Å². The minimum absolute atomic E-state index is 0.0289. The first-order chi connectivity index (χ1) is 11.3. The fourth-order valence-electron chi connectivity index (χ4n) is 1.92. The van der Waals surface area contributed by atoms with Gasteiger partial charge in [-0.3, -0.25) is 14.9 Å². The number of nitro groups is 1. The third kappa shape index (κ3) is 3.98. The molecule has 2 aromatic rings. The van der Waals surface area contributed by atoms with Crippen LogP contribution in [0.1, 0.15) is 15.9 Å². The SMILES string of the molecule is N#CC(=Cc1cc(Br)cc(I)c1O)C(=O)c1cccc([N+](=O)[O-])c1. The van der Waals surface area contributed by atoms with Crippen LogP contribution in [0.15, 0.2) is 46.4 Å². The van der Waals surface area contributed by atoms with E-state index >= 15 is 0 Å². The molecule has 0 saturated heterocycles. The summed E-state index contributed by atoms with van der Waals surface area (Å²) in [5.41, 5.74) is -0.150. The Morgan fingerprint density at radius 2 is 2.08 bits per heavy atom. The number of Topliss-reactive ketones (excluding diaryl/α,β-unsaturated/α-hetero) is 1. The number of allylic oxidation sites excluding steroid dienone is 1. The van der Waals surface area contributed by atoms with Gasteiger partial charge in [-0.05, 0) is 40.8 Å². The summed E-state index contributed by atoms with van der Waals surface area (Å²) < 4.78 is 1.23. The van der Waals surface area contributed by atoms with E-state index in [2.05, 4.69) is 15.9 Å². The molecule has 2 aromatic carbocycles. The van der Waals surface area contributed by atoms with Crippen molar-refractivity contribution in [3.63, 3.8) is 0 Å². The number of hydrogen-bond donors (Lipinski definition) is 1. The zero-order valence-electron chi connectivity index (χ0n) is 11.9. The molecular formula is C16H8BrIN2O4. The van der Waals surface area contributed by atoms with Crippen molar-refractivity contribution in [3.8, 4) is 11.8 Å². The van der Waals surface area contributed by atoms with E-state index in [0.29, 0.717) is 13.6 Å². The number of nitrogens with zero attached hydrogens (tertiary/aromatic N) is 2. The maximum absolute atomic E-state index is 12.4. The van der Waals surface area contributed by atoms with Gasteiger partial charge in [-0.2, -0.15) is 5.26 Å². The van der Waals surface area contributed by atoms with Gasteiger partial charge in [-0.25, -0.2) is 0 Å². The molecule has 120 valence electrons. The molecule has 8 heteroatoms. The van der Waals surface area contributed by atoms with Crippen molar-refractivity contribution in [2.75, 3.05) is 0 Å². The van der Waals surface area contributed by atoms with Crippen molar-refractivity contribution in [1.29, 1.82) is 5.26 Å². The highest BCUT2D eigenvalue weighted by Crippen LogP contribution is 2.30. The Bertz CT molecular complexity index is 919. The van der Waals surface area contributed by atoms with Crippen molar-refractivity contribution >= 4 is 56.1 Å². The predicted molar refractivity (Wildman–Crippen MR) is 99.5 cm³/mol. The molecule has 24 heavy (non-hydrogen) atoms. The van der Waals surface area contributed by atoms with E-state index in [4.69, 9.17) is 0 Å². The number of ketones is 1. The lowest BCUT2D eigenvalue weighted by Gasteiger charge is -2.05. The standard InChI is InChI=1S/C16H8BrIN2O4/c17-12-5-10(16(22)14(18)7-12)4-11(8-19)15(21)9-2-1-3-13(6-9)20(23)24/h1-7,22H. The molecule has 1 N–H and O–H groups in total. The van der Waals surface area contributed by atoms with Crippen LogP contribution in [0.3, 0.4) is 0 Å². The lowest BCUT2D eigenvalue weighted by Crippen LogP contribution is -2.03. The van der Waals surface area contributed by atoms with E-state index in [1.807, 2.05) is 22.6 Å². The van der Waals surface area contributed by atoms with Crippen LogP contribution in [0.4, 0.5) is 5.69 Å². The van der Waals surface area contributed by atoms with Crippen LogP contribution in [0.25, 0.3) is 6.08 Å². The fraction of sp³-hybridized carbons (Fsp3) is 0. The van der Waals surface area contributed by atoms with Crippen LogP contribution in [0.5, 0.6) is 5.75 Å². The van der Waals surface area contributed by atoms with Gasteiger partial charge in [0.1, 0.15) is 17.4 Å². The molecule has 0 spiro atoms. The second kappa shape index (κ2) is 7.55. The smallest absolute Gasteiger partial charge is 0.270 e. The fourth-order valence-corrected chi connectivity index (χ4v) is 3.47. The Morgan fingerprint density at radius 3 is 2.71 bits per heavy atom. The molecule has 0 aliphatic rings. The summed E-state index contributed by atoms with van der Waals surface area (Å²) in [6.07, 6.45) is 1.25. The molecule has 6 nitrogen and oxygen atoms in total. The number of rotatable bonds is 4. The summed E-state index contributed by atoms with van der Waals surface area (Å²) in [4.78, 5) is 22.6. The van der Waals surface area contributed by atoms with Gasteiger partial charge in [0.2, 0.25) is 5.78 Å². The van der Waals surface area contributed by atoms with Crippen LogP contribution in [-0.2, 0) is 0 Å². The van der Waals surface area contributed by atoms with Gasteiger partial charge in [0.25, 0.3) is 5.69 Å². The Morgan fingerprint density at radius 1 is 1.38 bits per heavy atom. The number of nitro benzene ring substituents is 1. The number of aromatic hydroxyl groups is 1. The summed E-state index contributed by atoms with van der Waals surface area (Å²) in [5, 5.41) is 30.1. The van der Waals surface area contributed by atoms with E-state index < -0.39 is 10.7 Å². The van der Waals surface area contributed by atoms with Crippen LogP contribution >= 0.6 is 38.5 Å². The number of hydrogen-bond acceptors (Lipinski definition) is 5. The highest BCUT2D eigenvalue weighted by molar-refractivity contribution is 14.1. The number of nitriles is 1. The molecule has 0 bridgehead atoms. The van der Waals surface area contributed by atoms with Gasteiger partial charge < -0.3 is 5.11 Å². The molecule has 0 amide bonds. The molecule has 0 heterocycles. The Labute approximate surface area is 158 Å². The Hall–Kier alpha value is -2.25. The van der Waals surface area contributed by atoms with Crippen LogP contribution in [0.2, 0.25) is 0 Å².